The maximum absolute atomic E-state index is 9.38. The van der Waals surface area contributed by atoms with Gasteiger partial charge in [-0.15, -0.1) is 0 Å². The number of halogens is 1. The topological polar surface area (TPSA) is 70.9 Å². The van der Waals surface area contributed by atoms with Crippen LogP contribution < -0.4 is 5.32 Å². The Hall–Kier alpha value is -0.590. The van der Waals surface area contributed by atoms with Crippen LogP contribution in [0.4, 0.5) is 5.95 Å². The van der Waals surface area contributed by atoms with Gasteiger partial charge in [0, 0.05) is 11.8 Å². The summed E-state index contributed by atoms with van der Waals surface area (Å²) in [6, 6.07) is 0. The monoisotopic (exact) mass is 262 g/mol. The van der Waals surface area contributed by atoms with Gasteiger partial charge < -0.3 is 10.4 Å². The molecule has 2 atom stereocenters. The molecule has 0 saturated carbocycles. The fraction of sp³-hybridized carbons (Fsp3) is 0.667. The molecule has 0 saturated heterocycles. The predicted octanol–water partition coefficient (Wildman–Crippen LogP) is 1.82. The lowest BCUT2D eigenvalue weighted by atomic mass is 10.3. The van der Waals surface area contributed by atoms with Crippen molar-refractivity contribution in [2.45, 2.75) is 37.3 Å². The summed E-state index contributed by atoms with van der Waals surface area (Å²) in [5.74, 6) is 0.461. The molecule has 0 aliphatic carbocycles. The van der Waals surface area contributed by atoms with Crippen molar-refractivity contribution in [2.24, 2.45) is 0 Å². The molecule has 1 heterocycles. The van der Waals surface area contributed by atoms with Gasteiger partial charge in [0.1, 0.15) is 0 Å². The second-order valence-corrected chi connectivity index (χ2v) is 4.99. The van der Waals surface area contributed by atoms with Gasteiger partial charge in [0.2, 0.25) is 11.2 Å². The highest BCUT2D eigenvalue weighted by molar-refractivity contribution is 7.99. The molecule has 1 aromatic heterocycles. The van der Waals surface area contributed by atoms with Gasteiger partial charge in [-0.25, -0.2) is 0 Å². The van der Waals surface area contributed by atoms with E-state index < -0.39 is 6.10 Å². The molecule has 0 spiro atoms. The summed E-state index contributed by atoms with van der Waals surface area (Å²) in [4.78, 5) is 12.1. The van der Waals surface area contributed by atoms with E-state index in [4.69, 9.17) is 11.6 Å². The highest BCUT2D eigenvalue weighted by atomic mass is 35.5. The minimum atomic E-state index is -0.428. The molecule has 5 nitrogen and oxygen atoms in total. The summed E-state index contributed by atoms with van der Waals surface area (Å²) in [5.41, 5.74) is 0. The highest BCUT2D eigenvalue weighted by Gasteiger charge is 2.13. The zero-order chi connectivity index (χ0) is 12.1. The van der Waals surface area contributed by atoms with Gasteiger partial charge in [0.25, 0.3) is 0 Å². The number of hydrogen-bond donors (Lipinski definition) is 2. The smallest absolute Gasteiger partial charge is 0.228 e. The maximum Gasteiger partial charge on any atom is 0.228 e. The van der Waals surface area contributed by atoms with Crippen LogP contribution in [0.3, 0.4) is 0 Å². The van der Waals surface area contributed by atoms with Crippen molar-refractivity contribution >= 4 is 29.3 Å². The van der Waals surface area contributed by atoms with Crippen LogP contribution in [0.25, 0.3) is 0 Å². The van der Waals surface area contributed by atoms with Crippen LogP contribution in [0.5, 0.6) is 0 Å². The Labute approximate surface area is 104 Å². The summed E-state index contributed by atoms with van der Waals surface area (Å²) in [6.07, 6.45) is -0.428. The van der Waals surface area contributed by atoms with Crippen molar-refractivity contribution in [2.75, 3.05) is 11.9 Å². The maximum atomic E-state index is 9.38. The predicted molar refractivity (Wildman–Crippen MR) is 66.0 cm³/mol. The standard InChI is InChI=1S/C9H15ClN4OS/c1-4-11-8-12-7(10)13-9(14-8)16-6(3)5(2)15/h5-6,15H,4H2,1-3H3,(H,11,12,13,14). The molecule has 0 aliphatic heterocycles. The molecule has 16 heavy (non-hydrogen) atoms. The van der Waals surface area contributed by atoms with Crippen molar-refractivity contribution in [3.05, 3.63) is 5.28 Å². The van der Waals surface area contributed by atoms with Gasteiger partial charge in [-0.2, -0.15) is 15.0 Å². The van der Waals surface area contributed by atoms with Crippen molar-refractivity contribution in [1.82, 2.24) is 15.0 Å². The van der Waals surface area contributed by atoms with Crippen LogP contribution in [0.15, 0.2) is 5.16 Å². The molecule has 2 unspecified atom stereocenters. The van der Waals surface area contributed by atoms with Crippen LogP contribution in [0, 0.1) is 0 Å². The number of aliphatic hydroxyl groups excluding tert-OH is 1. The average Bonchev–Trinajstić information content (AvgIpc) is 2.16. The van der Waals surface area contributed by atoms with Crippen molar-refractivity contribution in [3.63, 3.8) is 0 Å². The summed E-state index contributed by atoms with van der Waals surface area (Å²) in [6.45, 7) is 6.30. The number of rotatable bonds is 5. The molecular weight excluding hydrogens is 248 g/mol. The van der Waals surface area contributed by atoms with E-state index in [1.165, 1.54) is 11.8 Å². The molecule has 0 radical (unpaired) electrons. The Kier molecular flexibility index (Phi) is 5.24. The van der Waals surface area contributed by atoms with E-state index in [-0.39, 0.29) is 10.5 Å². The third-order valence-corrected chi connectivity index (χ3v) is 3.22. The first kappa shape index (κ1) is 13.5. The van der Waals surface area contributed by atoms with Crippen molar-refractivity contribution < 1.29 is 5.11 Å². The second-order valence-electron chi connectivity index (χ2n) is 3.30. The molecule has 0 fully saturated rings. The SMILES string of the molecule is CCNc1nc(Cl)nc(SC(C)C(C)O)n1. The zero-order valence-electron chi connectivity index (χ0n) is 9.44. The summed E-state index contributed by atoms with van der Waals surface area (Å²) in [7, 11) is 0. The largest absolute Gasteiger partial charge is 0.392 e. The van der Waals surface area contributed by atoms with Gasteiger partial charge in [0.15, 0.2) is 5.16 Å². The molecule has 7 heteroatoms. The van der Waals surface area contributed by atoms with Gasteiger partial charge in [-0.1, -0.05) is 18.7 Å². The average molecular weight is 263 g/mol. The van der Waals surface area contributed by atoms with E-state index in [2.05, 4.69) is 20.3 Å². The van der Waals surface area contributed by atoms with Gasteiger partial charge >= 0.3 is 0 Å². The van der Waals surface area contributed by atoms with Gasteiger partial charge in [-0.05, 0) is 25.4 Å². The Bertz CT molecular complexity index is 350. The number of nitrogens with one attached hydrogen (secondary N) is 1. The first-order chi connectivity index (χ1) is 7.52. The minimum Gasteiger partial charge on any atom is -0.392 e. The summed E-state index contributed by atoms with van der Waals surface area (Å²) >= 11 is 7.14. The van der Waals surface area contributed by atoms with E-state index in [1.54, 1.807) is 6.92 Å². The van der Waals surface area contributed by atoms with Crippen molar-refractivity contribution in [3.8, 4) is 0 Å². The van der Waals surface area contributed by atoms with Crippen molar-refractivity contribution in [1.29, 1.82) is 0 Å². The zero-order valence-corrected chi connectivity index (χ0v) is 11.0. The second kappa shape index (κ2) is 6.22. The van der Waals surface area contributed by atoms with E-state index in [0.717, 1.165) is 6.54 Å². The van der Waals surface area contributed by atoms with Crippen LogP contribution in [0.2, 0.25) is 5.28 Å². The molecule has 2 N–H and O–H groups in total. The Morgan fingerprint density at radius 3 is 2.62 bits per heavy atom. The van der Waals surface area contributed by atoms with Crippen LogP contribution >= 0.6 is 23.4 Å². The first-order valence-electron chi connectivity index (χ1n) is 5.03. The molecule has 0 amide bonds. The number of nitrogens with zero attached hydrogens (tertiary/aromatic N) is 3. The lowest BCUT2D eigenvalue weighted by Gasteiger charge is -2.13. The number of aromatic nitrogens is 3. The van der Waals surface area contributed by atoms with Gasteiger partial charge in [-0.3, -0.25) is 0 Å². The fourth-order valence-corrected chi connectivity index (χ4v) is 1.90. The number of thioether (sulfide) groups is 1. The molecule has 90 valence electrons. The van der Waals surface area contributed by atoms with Crippen LogP contribution in [-0.4, -0.2) is 38.0 Å². The number of hydrogen-bond acceptors (Lipinski definition) is 6. The lowest BCUT2D eigenvalue weighted by Crippen LogP contribution is -2.16. The summed E-state index contributed by atoms with van der Waals surface area (Å²) in [5, 5.41) is 13.0. The molecule has 0 aliphatic rings. The number of aliphatic hydroxyl groups is 1. The van der Waals surface area contributed by atoms with E-state index in [9.17, 15) is 5.11 Å². The van der Waals surface area contributed by atoms with E-state index in [0.29, 0.717) is 11.1 Å². The quantitative estimate of drug-likeness (QED) is 0.789. The Morgan fingerprint density at radius 2 is 2.06 bits per heavy atom. The summed E-state index contributed by atoms with van der Waals surface area (Å²) < 4.78 is 0. The Morgan fingerprint density at radius 1 is 1.38 bits per heavy atom. The first-order valence-corrected chi connectivity index (χ1v) is 6.28. The molecular formula is C9H15ClN4OS. The highest BCUT2D eigenvalue weighted by Crippen LogP contribution is 2.23. The van der Waals surface area contributed by atoms with Crippen LogP contribution in [0.1, 0.15) is 20.8 Å². The minimum absolute atomic E-state index is 0.00735. The fourth-order valence-electron chi connectivity index (χ4n) is 0.887. The Balaban J connectivity index is 2.79. The van der Waals surface area contributed by atoms with Gasteiger partial charge in [0.05, 0.1) is 6.10 Å². The number of anilines is 1. The third kappa shape index (κ3) is 4.11. The molecule has 1 aromatic rings. The third-order valence-electron chi connectivity index (χ3n) is 1.89. The van der Waals surface area contributed by atoms with Crippen LogP contribution in [-0.2, 0) is 0 Å². The molecule has 0 aromatic carbocycles. The molecule has 1 rings (SSSR count). The molecule has 0 bridgehead atoms. The lowest BCUT2D eigenvalue weighted by molar-refractivity contribution is 0.196. The van der Waals surface area contributed by atoms with E-state index >= 15 is 0 Å². The normalized spacial score (nSPS) is 14.6. The van der Waals surface area contributed by atoms with E-state index in [1.807, 2.05) is 13.8 Å².